The van der Waals surface area contributed by atoms with E-state index in [-0.39, 0.29) is 12.5 Å². The Bertz CT molecular complexity index is 753. The van der Waals surface area contributed by atoms with Gasteiger partial charge in [0, 0.05) is 11.8 Å². The van der Waals surface area contributed by atoms with E-state index in [9.17, 15) is 14.7 Å². The van der Waals surface area contributed by atoms with Gasteiger partial charge in [-0.2, -0.15) is 0 Å². The fourth-order valence-electron chi connectivity index (χ4n) is 2.13. The quantitative estimate of drug-likeness (QED) is 0.807. The molecule has 0 heterocycles. The molecule has 0 saturated heterocycles. The van der Waals surface area contributed by atoms with Gasteiger partial charge in [0.05, 0.1) is 12.5 Å². The van der Waals surface area contributed by atoms with Gasteiger partial charge in [-0.3, -0.25) is 9.59 Å². The number of ether oxygens (including phenoxy) is 2. The Balaban J connectivity index is 1.93. The second-order valence-corrected chi connectivity index (χ2v) is 6.02. The molecule has 0 saturated carbocycles. The Morgan fingerprint density at radius 1 is 1.08 bits per heavy atom. The minimum atomic E-state index is -0.988. The zero-order valence-electron chi connectivity index (χ0n) is 14.4. The maximum absolute atomic E-state index is 12.0. The monoisotopic (exact) mass is 343 g/mol. The molecule has 1 amide bonds. The summed E-state index contributed by atoms with van der Waals surface area (Å²) in [7, 11) is 1.56. The Hall–Kier alpha value is -3.02. The van der Waals surface area contributed by atoms with Gasteiger partial charge < -0.3 is 19.9 Å². The molecule has 0 bridgehead atoms. The van der Waals surface area contributed by atoms with Crippen molar-refractivity contribution in [1.29, 1.82) is 0 Å². The number of benzene rings is 2. The lowest BCUT2D eigenvalue weighted by molar-refractivity contribution is -0.142. The second-order valence-electron chi connectivity index (χ2n) is 6.02. The van der Waals surface area contributed by atoms with Crippen LogP contribution in [0.15, 0.2) is 48.5 Å². The largest absolute Gasteiger partial charge is 0.497 e. The number of carboxylic acid groups (broad SMARTS) is 1. The van der Waals surface area contributed by atoms with Crippen LogP contribution in [0.4, 0.5) is 5.69 Å². The summed E-state index contributed by atoms with van der Waals surface area (Å²) >= 11 is 0. The highest BCUT2D eigenvalue weighted by Crippen LogP contribution is 2.25. The Kier molecular flexibility index (Phi) is 5.64. The van der Waals surface area contributed by atoms with Gasteiger partial charge >= 0.3 is 5.97 Å². The van der Waals surface area contributed by atoms with E-state index in [1.165, 1.54) is 0 Å². The summed E-state index contributed by atoms with van der Waals surface area (Å²) < 4.78 is 10.5. The second kappa shape index (κ2) is 7.70. The van der Waals surface area contributed by atoms with Crippen molar-refractivity contribution in [1.82, 2.24) is 0 Å². The van der Waals surface area contributed by atoms with Gasteiger partial charge in [-0.1, -0.05) is 18.2 Å². The number of hydrogen-bond donors (Lipinski definition) is 2. The highest BCUT2D eigenvalue weighted by atomic mass is 16.5. The average Bonchev–Trinajstić information content (AvgIpc) is 2.60. The first kappa shape index (κ1) is 18.3. The number of carboxylic acids is 1. The minimum Gasteiger partial charge on any atom is -0.497 e. The lowest BCUT2D eigenvalue weighted by Crippen LogP contribution is -2.28. The smallest absolute Gasteiger partial charge is 0.313 e. The first-order valence-corrected chi connectivity index (χ1v) is 7.73. The third kappa shape index (κ3) is 4.73. The van der Waals surface area contributed by atoms with Crippen molar-refractivity contribution in [3.05, 3.63) is 54.1 Å². The zero-order valence-corrected chi connectivity index (χ0v) is 14.4. The van der Waals surface area contributed by atoms with E-state index in [2.05, 4.69) is 5.32 Å². The number of methoxy groups -OCH3 is 1. The molecule has 2 N–H and O–H groups in total. The van der Waals surface area contributed by atoms with Crippen LogP contribution in [0, 0.1) is 0 Å². The molecule has 0 unspecified atom stereocenters. The average molecular weight is 343 g/mol. The topological polar surface area (TPSA) is 84.9 Å². The van der Waals surface area contributed by atoms with E-state index in [0.717, 1.165) is 0 Å². The van der Waals surface area contributed by atoms with E-state index in [1.54, 1.807) is 69.5 Å². The molecule has 25 heavy (non-hydrogen) atoms. The van der Waals surface area contributed by atoms with Crippen LogP contribution in [-0.4, -0.2) is 30.7 Å². The lowest BCUT2D eigenvalue weighted by Gasteiger charge is -2.19. The first-order chi connectivity index (χ1) is 11.8. The van der Waals surface area contributed by atoms with Crippen LogP contribution in [0.2, 0.25) is 0 Å². The van der Waals surface area contributed by atoms with E-state index >= 15 is 0 Å². The van der Waals surface area contributed by atoms with Gasteiger partial charge in [0.2, 0.25) is 0 Å². The molecule has 0 radical (unpaired) electrons. The molecule has 2 rings (SSSR count). The number of hydrogen-bond acceptors (Lipinski definition) is 4. The van der Waals surface area contributed by atoms with E-state index in [1.807, 2.05) is 0 Å². The molecule has 6 nitrogen and oxygen atoms in total. The molecule has 0 aromatic heterocycles. The first-order valence-electron chi connectivity index (χ1n) is 7.73. The molecular weight excluding hydrogens is 322 g/mol. The van der Waals surface area contributed by atoms with Gasteiger partial charge in [-0.25, -0.2) is 0 Å². The molecule has 0 aliphatic rings. The zero-order chi connectivity index (χ0) is 18.4. The number of anilines is 1. The standard InChI is InChI=1S/C19H21NO5/c1-19(2,18(22)23)13-7-9-14(10-8-13)20-17(21)12-25-16-6-4-5-15(11-16)24-3/h4-11H,12H2,1-3H3,(H,20,21)(H,22,23). The highest BCUT2D eigenvalue weighted by molar-refractivity contribution is 5.92. The van der Waals surface area contributed by atoms with E-state index in [0.29, 0.717) is 22.7 Å². The van der Waals surface area contributed by atoms with Gasteiger partial charge in [0.25, 0.3) is 5.91 Å². The van der Waals surface area contributed by atoms with Crippen LogP contribution in [0.5, 0.6) is 11.5 Å². The number of carbonyl (C=O) groups excluding carboxylic acids is 1. The predicted octanol–water partition coefficient (Wildman–Crippen LogP) is 3.07. The summed E-state index contributed by atoms with van der Waals surface area (Å²) in [6.07, 6.45) is 0. The molecule has 0 atom stereocenters. The van der Waals surface area contributed by atoms with Crippen molar-refractivity contribution < 1.29 is 24.2 Å². The van der Waals surface area contributed by atoms with Crippen LogP contribution >= 0.6 is 0 Å². The maximum Gasteiger partial charge on any atom is 0.313 e. The lowest BCUT2D eigenvalue weighted by atomic mass is 9.85. The van der Waals surface area contributed by atoms with Crippen molar-refractivity contribution in [3.8, 4) is 11.5 Å². The van der Waals surface area contributed by atoms with Crippen molar-refractivity contribution in [2.45, 2.75) is 19.3 Å². The Labute approximate surface area is 146 Å². The number of rotatable bonds is 7. The molecule has 0 fully saturated rings. The van der Waals surface area contributed by atoms with Crippen LogP contribution in [0.3, 0.4) is 0 Å². The van der Waals surface area contributed by atoms with Crippen molar-refractivity contribution in [3.63, 3.8) is 0 Å². The molecule has 0 aliphatic carbocycles. The molecule has 132 valence electrons. The summed E-state index contributed by atoms with van der Waals surface area (Å²) in [5.41, 5.74) is 0.243. The van der Waals surface area contributed by atoms with Crippen LogP contribution in [0.1, 0.15) is 19.4 Å². The van der Waals surface area contributed by atoms with Crippen molar-refractivity contribution in [2.24, 2.45) is 0 Å². The third-order valence-electron chi connectivity index (χ3n) is 3.84. The van der Waals surface area contributed by atoms with Crippen molar-refractivity contribution in [2.75, 3.05) is 19.0 Å². The van der Waals surface area contributed by atoms with Gasteiger partial charge in [-0.05, 0) is 43.7 Å². The normalized spacial score (nSPS) is 10.8. The highest BCUT2D eigenvalue weighted by Gasteiger charge is 2.29. The van der Waals surface area contributed by atoms with E-state index in [4.69, 9.17) is 9.47 Å². The third-order valence-corrected chi connectivity index (χ3v) is 3.84. The molecular formula is C19H21NO5. The number of amides is 1. The van der Waals surface area contributed by atoms with Crippen LogP contribution in [0.25, 0.3) is 0 Å². The van der Waals surface area contributed by atoms with E-state index < -0.39 is 11.4 Å². The molecule has 6 heteroatoms. The van der Waals surface area contributed by atoms with Crippen LogP contribution in [-0.2, 0) is 15.0 Å². The molecule has 2 aromatic carbocycles. The summed E-state index contributed by atoms with van der Waals surface area (Å²) in [6.45, 7) is 3.12. The summed E-state index contributed by atoms with van der Waals surface area (Å²) in [5.74, 6) is -0.0355. The minimum absolute atomic E-state index is 0.143. The van der Waals surface area contributed by atoms with Gasteiger partial charge in [0.15, 0.2) is 6.61 Å². The SMILES string of the molecule is COc1cccc(OCC(=O)Nc2ccc(C(C)(C)C(=O)O)cc2)c1. The molecule has 0 spiro atoms. The fraction of sp³-hybridized carbons (Fsp3) is 0.263. The van der Waals surface area contributed by atoms with Gasteiger partial charge in [0.1, 0.15) is 11.5 Å². The van der Waals surface area contributed by atoms with Crippen LogP contribution < -0.4 is 14.8 Å². The summed E-state index contributed by atoms with van der Waals surface area (Å²) in [6, 6.07) is 13.7. The Morgan fingerprint density at radius 3 is 2.32 bits per heavy atom. The molecule has 0 aliphatic heterocycles. The molecule has 2 aromatic rings. The Morgan fingerprint density at radius 2 is 1.72 bits per heavy atom. The number of aliphatic carboxylic acids is 1. The maximum atomic E-state index is 12.0. The van der Waals surface area contributed by atoms with Crippen molar-refractivity contribution >= 4 is 17.6 Å². The predicted molar refractivity (Wildman–Crippen MR) is 94.2 cm³/mol. The number of carbonyl (C=O) groups is 2. The summed E-state index contributed by atoms with van der Waals surface area (Å²) in [5, 5.41) is 11.9. The fourth-order valence-corrected chi connectivity index (χ4v) is 2.13. The van der Waals surface area contributed by atoms with Gasteiger partial charge in [-0.15, -0.1) is 0 Å². The number of nitrogens with one attached hydrogen (secondary N) is 1. The summed E-state index contributed by atoms with van der Waals surface area (Å²) in [4.78, 5) is 23.2.